The Kier molecular flexibility index (Phi) is 7.21. The lowest BCUT2D eigenvalue weighted by Crippen LogP contribution is -2.38. The highest BCUT2D eigenvalue weighted by Crippen LogP contribution is 2.23. The first-order valence-corrected chi connectivity index (χ1v) is 9.66. The molecule has 0 aromatic heterocycles. The second kappa shape index (κ2) is 9.40. The van der Waals surface area contributed by atoms with Gasteiger partial charge in [-0.2, -0.15) is 0 Å². The summed E-state index contributed by atoms with van der Waals surface area (Å²) >= 11 is 0. The maximum absolute atomic E-state index is 12.1. The molecule has 2 rings (SSSR count). The van der Waals surface area contributed by atoms with E-state index in [0.29, 0.717) is 6.54 Å². The molecule has 0 aliphatic heterocycles. The van der Waals surface area contributed by atoms with Crippen molar-refractivity contribution in [2.24, 2.45) is 0 Å². The van der Waals surface area contributed by atoms with Crippen LogP contribution in [0.2, 0.25) is 0 Å². The SMILES string of the molecule is CC(=O)Nc1ccc(CCNC(=O)N[C@@H](C)c2ccc(C(C)(C)C)cc2)cc1. The maximum atomic E-state index is 12.1. The van der Waals surface area contributed by atoms with Gasteiger partial charge in [-0.05, 0) is 47.6 Å². The van der Waals surface area contributed by atoms with E-state index in [2.05, 4.69) is 61.0 Å². The lowest BCUT2D eigenvalue weighted by atomic mass is 9.86. The van der Waals surface area contributed by atoms with Crippen LogP contribution < -0.4 is 16.0 Å². The first-order valence-electron chi connectivity index (χ1n) is 9.66. The average molecular weight is 382 g/mol. The number of benzene rings is 2. The lowest BCUT2D eigenvalue weighted by molar-refractivity contribution is -0.114. The van der Waals surface area contributed by atoms with Crippen LogP contribution in [-0.2, 0) is 16.6 Å². The summed E-state index contributed by atoms with van der Waals surface area (Å²) in [4.78, 5) is 23.2. The van der Waals surface area contributed by atoms with Crippen molar-refractivity contribution in [3.05, 3.63) is 65.2 Å². The number of urea groups is 1. The molecule has 28 heavy (non-hydrogen) atoms. The van der Waals surface area contributed by atoms with Gasteiger partial charge in [0.1, 0.15) is 0 Å². The number of carbonyl (C=O) groups is 2. The smallest absolute Gasteiger partial charge is 0.315 e. The zero-order valence-electron chi connectivity index (χ0n) is 17.4. The van der Waals surface area contributed by atoms with Gasteiger partial charge in [0.15, 0.2) is 0 Å². The number of anilines is 1. The van der Waals surface area contributed by atoms with E-state index in [1.165, 1.54) is 12.5 Å². The summed E-state index contributed by atoms with van der Waals surface area (Å²) in [5.74, 6) is -0.0896. The summed E-state index contributed by atoms with van der Waals surface area (Å²) in [6.45, 7) is 10.6. The average Bonchev–Trinajstić information content (AvgIpc) is 2.62. The van der Waals surface area contributed by atoms with Gasteiger partial charge in [-0.15, -0.1) is 0 Å². The topological polar surface area (TPSA) is 70.2 Å². The van der Waals surface area contributed by atoms with Gasteiger partial charge >= 0.3 is 6.03 Å². The van der Waals surface area contributed by atoms with Gasteiger partial charge in [0.2, 0.25) is 5.91 Å². The Labute approximate surface area is 167 Å². The molecule has 0 saturated carbocycles. The fourth-order valence-corrected chi connectivity index (χ4v) is 2.88. The molecule has 0 radical (unpaired) electrons. The van der Waals surface area contributed by atoms with E-state index < -0.39 is 0 Å². The van der Waals surface area contributed by atoms with Crippen LogP contribution >= 0.6 is 0 Å². The van der Waals surface area contributed by atoms with E-state index in [0.717, 1.165) is 23.2 Å². The Hall–Kier alpha value is -2.82. The molecule has 3 N–H and O–H groups in total. The Morgan fingerprint density at radius 2 is 1.57 bits per heavy atom. The number of nitrogens with one attached hydrogen (secondary N) is 3. The zero-order chi connectivity index (χ0) is 20.7. The molecule has 0 saturated heterocycles. The second-order valence-electron chi connectivity index (χ2n) is 8.12. The van der Waals surface area contributed by atoms with E-state index in [4.69, 9.17) is 0 Å². The standard InChI is InChI=1S/C23H31N3O2/c1-16(19-8-10-20(11-9-19)23(3,4)5)25-22(28)24-15-14-18-6-12-21(13-7-18)26-17(2)27/h6-13,16H,14-15H2,1-5H3,(H,26,27)(H2,24,25,28)/t16-/m0/s1. The van der Waals surface area contributed by atoms with Crippen molar-refractivity contribution in [2.45, 2.75) is 52.5 Å². The summed E-state index contributed by atoms with van der Waals surface area (Å²) in [6.07, 6.45) is 0.725. The predicted molar refractivity (Wildman–Crippen MR) is 115 cm³/mol. The highest BCUT2D eigenvalue weighted by atomic mass is 16.2. The minimum Gasteiger partial charge on any atom is -0.338 e. The number of amides is 3. The Morgan fingerprint density at radius 3 is 2.11 bits per heavy atom. The first-order chi connectivity index (χ1) is 13.1. The largest absolute Gasteiger partial charge is 0.338 e. The molecule has 0 heterocycles. The minimum atomic E-state index is -0.178. The maximum Gasteiger partial charge on any atom is 0.315 e. The molecule has 0 aliphatic carbocycles. The third-order valence-corrected chi connectivity index (χ3v) is 4.60. The van der Waals surface area contributed by atoms with E-state index in [1.807, 2.05) is 31.2 Å². The van der Waals surface area contributed by atoms with Gasteiger partial charge in [-0.1, -0.05) is 57.2 Å². The molecule has 150 valence electrons. The molecule has 0 fully saturated rings. The van der Waals surface area contributed by atoms with Gasteiger partial charge in [0, 0.05) is 19.2 Å². The molecule has 2 aromatic carbocycles. The molecule has 5 heteroatoms. The van der Waals surface area contributed by atoms with Crippen LogP contribution in [0.5, 0.6) is 0 Å². The van der Waals surface area contributed by atoms with E-state index in [1.54, 1.807) is 0 Å². The van der Waals surface area contributed by atoms with E-state index >= 15 is 0 Å². The molecule has 0 aliphatic rings. The molecule has 0 spiro atoms. The van der Waals surface area contributed by atoms with Gasteiger partial charge in [0.25, 0.3) is 0 Å². The van der Waals surface area contributed by atoms with E-state index in [9.17, 15) is 9.59 Å². The molecule has 5 nitrogen and oxygen atoms in total. The Balaban J connectivity index is 1.78. The summed E-state index contributed by atoms with van der Waals surface area (Å²) < 4.78 is 0. The van der Waals surface area contributed by atoms with Gasteiger partial charge in [-0.25, -0.2) is 4.79 Å². The number of hydrogen-bond donors (Lipinski definition) is 3. The molecular formula is C23H31N3O2. The summed E-state index contributed by atoms with van der Waals surface area (Å²) in [5.41, 5.74) is 4.34. The predicted octanol–water partition coefficient (Wildman–Crippen LogP) is 4.55. The van der Waals surface area contributed by atoms with Crippen molar-refractivity contribution < 1.29 is 9.59 Å². The molecular weight excluding hydrogens is 350 g/mol. The van der Waals surface area contributed by atoms with Gasteiger partial charge in [0.05, 0.1) is 6.04 Å². The van der Waals surface area contributed by atoms with Crippen molar-refractivity contribution in [1.29, 1.82) is 0 Å². The van der Waals surface area contributed by atoms with Gasteiger partial charge in [-0.3, -0.25) is 4.79 Å². The monoisotopic (exact) mass is 381 g/mol. The molecule has 1 atom stereocenters. The Bertz CT molecular complexity index is 790. The van der Waals surface area contributed by atoms with Crippen LogP contribution in [0.25, 0.3) is 0 Å². The summed E-state index contributed by atoms with van der Waals surface area (Å²) in [6, 6.07) is 15.8. The normalized spacial score (nSPS) is 12.2. The van der Waals surface area contributed by atoms with Crippen LogP contribution in [0, 0.1) is 0 Å². The minimum absolute atomic E-state index is 0.0639. The molecule has 3 amide bonds. The number of carbonyl (C=O) groups excluding carboxylic acids is 2. The van der Waals surface area contributed by atoms with Crippen molar-refractivity contribution >= 4 is 17.6 Å². The summed E-state index contributed by atoms with van der Waals surface area (Å²) in [5, 5.41) is 8.60. The lowest BCUT2D eigenvalue weighted by Gasteiger charge is -2.21. The van der Waals surface area contributed by atoms with Crippen LogP contribution in [0.15, 0.2) is 48.5 Å². The molecule has 2 aromatic rings. The Morgan fingerprint density at radius 1 is 0.964 bits per heavy atom. The van der Waals surface area contributed by atoms with Crippen molar-refractivity contribution in [2.75, 3.05) is 11.9 Å². The van der Waals surface area contributed by atoms with Crippen molar-refractivity contribution in [3.8, 4) is 0 Å². The highest BCUT2D eigenvalue weighted by molar-refractivity contribution is 5.88. The third kappa shape index (κ3) is 6.72. The fraction of sp³-hybridized carbons (Fsp3) is 0.391. The van der Waals surface area contributed by atoms with Crippen molar-refractivity contribution in [3.63, 3.8) is 0 Å². The molecule has 0 unspecified atom stereocenters. The third-order valence-electron chi connectivity index (χ3n) is 4.60. The number of hydrogen-bond acceptors (Lipinski definition) is 2. The second-order valence-corrected chi connectivity index (χ2v) is 8.12. The van der Waals surface area contributed by atoms with E-state index in [-0.39, 0.29) is 23.4 Å². The fourth-order valence-electron chi connectivity index (χ4n) is 2.88. The van der Waals surface area contributed by atoms with Crippen LogP contribution in [0.4, 0.5) is 10.5 Å². The summed E-state index contributed by atoms with van der Waals surface area (Å²) in [7, 11) is 0. The van der Waals surface area contributed by atoms with Crippen molar-refractivity contribution in [1.82, 2.24) is 10.6 Å². The van der Waals surface area contributed by atoms with Crippen LogP contribution in [0.1, 0.15) is 57.4 Å². The highest BCUT2D eigenvalue weighted by Gasteiger charge is 2.14. The quantitative estimate of drug-likeness (QED) is 0.687. The zero-order valence-corrected chi connectivity index (χ0v) is 17.4. The number of rotatable bonds is 6. The van der Waals surface area contributed by atoms with Crippen LogP contribution in [0.3, 0.4) is 0 Å². The van der Waals surface area contributed by atoms with Crippen LogP contribution in [-0.4, -0.2) is 18.5 Å². The molecule has 0 bridgehead atoms. The van der Waals surface area contributed by atoms with Gasteiger partial charge < -0.3 is 16.0 Å². The first kappa shape index (κ1) is 21.5.